The molecule has 0 saturated heterocycles. The number of ketones is 1. The van der Waals surface area contributed by atoms with Gasteiger partial charge in [-0.1, -0.05) is 24.3 Å². The third-order valence-electron chi connectivity index (χ3n) is 3.16. The predicted molar refractivity (Wildman–Crippen MR) is 70.0 cm³/mol. The molecule has 1 heterocycles. The number of aromatic amines is 1. The van der Waals surface area contributed by atoms with Crippen LogP contribution in [0.15, 0.2) is 24.3 Å². The van der Waals surface area contributed by atoms with Gasteiger partial charge >= 0.3 is 0 Å². The van der Waals surface area contributed by atoms with Gasteiger partial charge in [-0.05, 0) is 26.3 Å². The molecule has 0 unspecified atom stereocenters. The van der Waals surface area contributed by atoms with Gasteiger partial charge in [0.15, 0.2) is 5.78 Å². The molecule has 0 bridgehead atoms. The van der Waals surface area contributed by atoms with Gasteiger partial charge in [0.2, 0.25) is 0 Å². The van der Waals surface area contributed by atoms with Crippen LogP contribution in [-0.4, -0.2) is 16.7 Å². The predicted octanol–water partition coefficient (Wildman–Crippen LogP) is 1.86. The molecule has 98 valence electrons. The minimum Gasteiger partial charge on any atom is -0.545 e. The maximum absolute atomic E-state index is 11.2. The first-order chi connectivity index (χ1) is 8.91. The van der Waals surface area contributed by atoms with E-state index in [0.29, 0.717) is 16.8 Å². The number of aromatic nitrogens is 1. The Labute approximate surface area is 111 Å². The highest BCUT2D eigenvalue weighted by Crippen LogP contribution is 2.29. The van der Waals surface area contributed by atoms with Gasteiger partial charge in [-0.25, -0.2) is 0 Å². The normalized spacial score (nSPS) is 10.5. The fourth-order valence-electron chi connectivity index (χ4n) is 2.27. The quantitative estimate of drug-likeness (QED) is 0.852. The van der Waals surface area contributed by atoms with E-state index in [9.17, 15) is 14.7 Å². The van der Waals surface area contributed by atoms with Gasteiger partial charge < -0.3 is 14.9 Å². The number of benzene rings is 1. The largest absolute Gasteiger partial charge is 0.545 e. The molecule has 0 aliphatic rings. The van der Waals surface area contributed by atoms with E-state index >= 15 is 0 Å². The second kappa shape index (κ2) is 4.72. The average Bonchev–Trinajstić information content (AvgIpc) is 2.64. The van der Waals surface area contributed by atoms with Gasteiger partial charge in [-0.2, -0.15) is 0 Å². The minimum absolute atomic E-state index is 0.0198. The lowest BCUT2D eigenvalue weighted by Crippen LogP contribution is -2.23. The number of carboxylic acids is 1. The summed E-state index contributed by atoms with van der Waals surface area (Å²) in [4.78, 5) is 25.5. The second-order valence-corrected chi connectivity index (χ2v) is 4.55. The number of Topliss-reactive ketones (excluding diaryl/α,β-unsaturated/α-hetero) is 1. The molecule has 0 aliphatic carbocycles. The van der Waals surface area contributed by atoms with Crippen molar-refractivity contribution in [2.75, 3.05) is 0 Å². The van der Waals surface area contributed by atoms with Crippen molar-refractivity contribution in [2.45, 2.75) is 20.8 Å². The lowest BCUT2D eigenvalue weighted by molar-refractivity contribution is -0.255. The van der Waals surface area contributed by atoms with Crippen molar-refractivity contribution in [2.24, 2.45) is 0 Å². The summed E-state index contributed by atoms with van der Waals surface area (Å²) in [7, 11) is 0. The van der Waals surface area contributed by atoms with Crippen LogP contribution in [0, 0.1) is 13.8 Å². The van der Waals surface area contributed by atoms with Gasteiger partial charge in [0, 0.05) is 28.1 Å². The Bertz CT molecular complexity index is 651. The van der Waals surface area contributed by atoms with E-state index in [1.54, 1.807) is 31.2 Å². The van der Waals surface area contributed by atoms with Crippen LogP contribution in [0.2, 0.25) is 0 Å². The Balaban J connectivity index is 2.58. The van der Waals surface area contributed by atoms with E-state index in [4.69, 9.17) is 0 Å². The second-order valence-electron chi connectivity index (χ2n) is 4.55. The molecule has 2 aromatic rings. The molecule has 0 fully saturated rings. The third-order valence-corrected chi connectivity index (χ3v) is 3.16. The molecule has 1 N–H and O–H groups in total. The van der Waals surface area contributed by atoms with Crippen LogP contribution in [0.25, 0.3) is 11.1 Å². The van der Waals surface area contributed by atoms with Gasteiger partial charge in [-0.15, -0.1) is 0 Å². The lowest BCUT2D eigenvalue weighted by Gasteiger charge is -2.08. The Morgan fingerprint density at radius 3 is 2.11 bits per heavy atom. The van der Waals surface area contributed by atoms with Crippen molar-refractivity contribution in [1.29, 1.82) is 0 Å². The maximum atomic E-state index is 11.2. The molecule has 1 aromatic heterocycles. The van der Waals surface area contributed by atoms with Crippen LogP contribution in [-0.2, 0) is 0 Å². The molecular weight excluding hydrogens is 242 g/mol. The number of rotatable bonds is 3. The lowest BCUT2D eigenvalue weighted by atomic mass is 9.99. The number of hydrogen-bond acceptors (Lipinski definition) is 3. The summed E-state index contributed by atoms with van der Waals surface area (Å²) < 4.78 is 0. The zero-order valence-electron chi connectivity index (χ0n) is 11.0. The standard InChI is InChI=1S/C15H15NO3/c1-8-13(14(15(18)19)9(2)16-8)12-6-4-11(5-7-12)10(3)17/h4-7,16H,1-3H3,(H,18,19)/p-1. The third kappa shape index (κ3) is 2.29. The summed E-state index contributed by atoms with van der Waals surface area (Å²) >= 11 is 0. The van der Waals surface area contributed by atoms with E-state index in [2.05, 4.69) is 4.98 Å². The molecule has 0 radical (unpaired) electrons. The van der Waals surface area contributed by atoms with Crippen LogP contribution in [0.3, 0.4) is 0 Å². The summed E-state index contributed by atoms with van der Waals surface area (Å²) in [6, 6.07) is 6.88. The fraction of sp³-hybridized carbons (Fsp3) is 0.200. The molecule has 19 heavy (non-hydrogen) atoms. The Hall–Kier alpha value is -2.36. The SMILES string of the molecule is CC(=O)c1ccc(-c2c(C)[nH]c(C)c2C(=O)[O-])cc1. The summed E-state index contributed by atoms with van der Waals surface area (Å²) in [6.07, 6.45) is 0. The number of carbonyl (C=O) groups is 2. The van der Waals surface area contributed by atoms with E-state index < -0.39 is 5.97 Å². The summed E-state index contributed by atoms with van der Waals surface area (Å²) in [5, 5.41) is 11.2. The number of carbonyl (C=O) groups excluding carboxylic acids is 2. The Kier molecular flexibility index (Phi) is 3.25. The zero-order valence-corrected chi connectivity index (χ0v) is 11.0. The first kappa shape index (κ1) is 13.1. The van der Waals surface area contributed by atoms with Crippen LogP contribution in [0.4, 0.5) is 0 Å². The van der Waals surface area contributed by atoms with Crippen molar-refractivity contribution in [3.63, 3.8) is 0 Å². The summed E-state index contributed by atoms with van der Waals surface area (Å²) in [5.74, 6) is -1.22. The minimum atomic E-state index is -1.20. The van der Waals surface area contributed by atoms with Crippen LogP contribution in [0.5, 0.6) is 0 Å². The molecule has 0 amide bonds. The molecule has 0 spiro atoms. The molecule has 0 aliphatic heterocycles. The number of H-pyrrole nitrogens is 1. The number of aromatic carboxylic acids is 1. The van der Waals surface area contributed by atoms with Crippen molar-refractivity contribution in [1.82, 2.24) is 4.98 Å². The van der Waals surface area contributed by atoms with Crippen molar-refractivity contribution >= 4 is 11.8 Å². The molecule has 4 heteroatoms. The van der Waals surface area contributed by atoms with E-state index in [1.807, 2.05) is 6.92 Å². The number of nitrogens with one attached hydrogen (secondary N) is 1. The highest BCUT2D eigenvalue weighted by atomic mass is 16.4. The number of hydrogen-bond donors (Lipinski definition) is 1. The fourth-order valence-corrected chi connectivity index (χ4v) is 2.27. The van der Waals surface area contributed by atoms with E-state index in [0.717, 1.165) is 11.3 Å². The van der Waals surface area contributed by atoms with Crippen molar-refractivity contribution in [3.05, 3.63) is 46.8 Å². The van der Waals surface area contributed by atoms with Crippen molar-refractivity contribution in [3.8, 4) is 11.1 Å². The summed E-state index contributed by atoms with van der Waals surface area (Å²) in [6.45, 7) is 5.01. The maximum Gasteiger partial charge on any atom is 0.159 e. The molecule has 0 atom stereocenters. The Morgan fingerprint density at radius 2 is 1.63 bits per heavy atom. The van der Waals surface area contributed by atoms with E-state index in [-0.39, 0.29) is 11.3 Å². The number of carboxylic acid groups (broad SMARTS) is 1. The molecule has 0 saturated carbocycles. The first-order valence-corrected chi connectivity index (χ1v) is 5.93. The molecule has 1 aromatic carbocycles. The molecule has 2 rings (SSSR count). The van der Waals surface area contributed by atoms with Gasteiger partial charge in [-0.3, -0.25) is 4.79 Å². The summed E-state index contributed by atoms with van der Waals surface area (Å²) in [5.41, 5.74) is 3.49. The van der Waals surface area contributed by atoms with Gasteiger partial charge in [0.1, 0.15) is 0 Å². The smallest absolute Gasteiger partial charge is 0.159 e. The zero-order chi connectivity index (χ0) is 14.2. The van der Waals surface area contributed by atoms with Crippen LogP contribution in [0.1, 0.15) is 39.0 Å². The topological polar surface area (TPSA) is 73.0 Å². The highest BCUT2D eigenvalue weighted by Gasteiger charge is 2.15. The highest BCUT2D eigenvalue weighted by molar-refractivity contribution is 5.98. The monoisotopic (exact) mass is 256 g/mol. The number of aryl methyl sites for hydroxylation is 2. The van der Waals surface area contributed by atoms with Crippen LogP contribution < -0.4 is 5.11 Å². The first-order valence-electron chi connectivity index (χ1n) is 5.93. The molecular formula is C15H14NO3-. The average molecular weight is 256 g/mol. The molecule has 4 nitrogen and oxygen atoms in total. The van der Waals surface area contributed by atoms with Gasteiger partial charge in [0.05, 0.1) is 5.97 Å². The van der Waals surface area contributed by atoms with Gasteiger partial charge in [0.25, 0.3) is 0 Å². The Morgan fingerprint density at radius 1 is 1.05 bits per heavy atom. The van der Waals surface area contributed by atoms with E-state index in [1.165, 1.54) is 6.92 Å². The van der Waals surface area contributed by atoms with Crippen LogP contribution >= 0.6 is 0 Å². The van der Waals surface area contributed by atoms with Crippen molar-refractivity contribution < 1.29 is 14.7 Å².